The Morgan fingerprint density at radius 3 is 2.76 bits per heavy atom. The van der Waals surface area contributed by atoms with Crippen molar-refractivity contribution in [3.8, 4) is 11.4 Å². The average molecular weight is 507 g/mol. The van der Waals surface area contributed by atoms with Gasteiger partial charge in [-0.1, -0.05) is 6.08 Å². The van der Waals surface area contributed by atoms with Gasteiger partial charge in [-0.2, -0.15) is 5.10 Å². The minimum Gasteiger partial charge on any atom is -0.347 e. The monoisotopic (exact) mass is 506 g/mol. The smallest absolute Gasteiger partial charge is 0.255 e. The van der Waals surface area contributed by atoms with Gasteiger partial charge >= 0.3 is 0 Å². The number of hydrogen-bond donors (Lipinski definition) is 1. The number of nitrogens with zero attached hydrogens (tertiary/aromatic N) is 7. The van der Waals surface area contributed by atoms with Gasteiger partial charge in [0.2, 0.25) is 0 Å². The highest BCUT2D eigenvalue weighted by molar-refractivity contribution is 5.96. The SMILES string of the molecule is C=C[C@H]1CC[C@H](C)N1c1ccc(-c2nc3cc(C(=O)NCC(F)F)cnc3n2Cc2ccn(C)n2)cn1. The van der Waals surface area contributed by atoms with Crippen LogP contribution in [0.25, 0.3) is 22.6 Å². The first-order valence-corrected chi connectivity index (χ1v) is 12.1. The highest BCUT2D eigenvalue weighted by Gasteiger charge is 2.29. The van der Waals surface area contributed by atoms with Crippen LogP contribution >= 0.6 is 0 Å². The third-order valence-electron chi connectivity index (χ3n) is 6.61. The van der Waals surface area contributed by atoms with Crippen molar-refractivity contribution in [2.75, 3.05) is 11.4 Å². The molecule has 0 aliphatic carbocycles. The third kappa shape index (κ3) is 4.93. The molecule has 0 bridgehead atoms. The molecular weight excluding hydrogens is 478 g/mol. The van der Waals surface area contributed by atoms with Crippen LogP contribution in [0.1, 0.15) is 35.8 Å². The first-order valence-electron chi connectivity index (χ1n) is 12.1. The van der Waals surface area contributed by atoms with Crippen molar-refractivity contribution in [2.24, 2.45) is 7.05 Å². The van der Waals surface area contributed by atoms with Crippen LogP contribution in [0.15, 0.2) is 55.5 Å². The van der Waals surface area contributed by atoms with Crippen molar-refractivity contribution in [1.82, 2.24) is 34.6 Å². The molecule has 1 fully saturated rings. The molecule has 0 spiro atoms. The van der Waals surface area contributed by atoms with E-state index in [0.29, 0.717) is 29.6 Å². The quantitative estimate of drug-likeness (QED) is 0.365. The number of carbonyl (C=O) groups excluding carboxylic acids is 1. The number of nitrogens with one attached hydrogen (secondary N) is 1. The van der Waals surface area contributed by atoms with E-state index < -0.39 is 18.9 Å². The van der Waals surface area contributed by atoms with Crippen molar-refractivity contribution in [3.05, 3.63) is 66.8 Å². The average Bonchev–Trinajstić information content (AvgIpc) is 3.59. The molecule has 0 radical (unpaired) electrons. The second-order valence-electron chi connectivity index (χ2n) is 9.21. The van der Waals surface area contributed by atoms with Gasteiger partial charge in [0.15, 0.2) is 5.65 Å². The third-order valence-corrected chi connectivity index (χ3v) is 6.61. The predicted molar refractivity (Wildman–Crippen MR) is 137 cm³/mol. The number of amides is 1. The van der Waals surface area contributed by atoms with Crippen LogP contribution in [0.4, 0.5) is 14.6 Å². The molecule has 1 aliphatic rings. The highest BCUT2D eigenvalue weighted by Crippen LogP contribution is 2.31. The number of anilines is 1. The largest absolute Gasteiger partial charge is 0.347 e. The van der Waals surface area contributed by atoms with E-state index in [-0.39, 0.29) is 11.6 Å². The lowest BCUT2D eigenvalue weighted by Crippen LogP contribution is -2.33. The summed E-state index contributed by atoms with van der Waals surface area (Å²) in [7, 11) is 1.84. The van der Waals surface area contributed by atoms with Crippen molar-refractivity contribution in [1.29, 1.82) is 0 Å². The van der Waals surface area contributed by atoms with Crippen LogP contribution in [0, 0.1) is 0 Å². The molecular formula is C26H28F2N8O. The van der Waals surface area contributed by atoms with Gasteiger partial charge in [-0.3, -0.25) is 9.48 Å². The zero-order valence-corrected chi connectivity index (χ0v) is 20.7. The Morgan fingerprint density at radius 2 is 2.08 bits per heavy atom. The number of carbonyl (C=O) groups is 1. The maximum Gasteiger partial charge on any atom is 0.255 e. The molecule has 5 rings (SSSR count). The van der Waals surface area contributed by atoms with Gasteiger partial charge in [0.05, 0.1) is 24.3 Å². The molecule has 1 amide bonds. The molecule has 4 aromatic heterocycles. The van der Waals surface area contributed by atoms with Crippen LogP contribution in [-0.2, 0) is 13.6 Å². The van der Waals surface area contributed by atoms with Crippen LogP contribution in [0.3, 0.4) is 0 Å². The number of aryl methyl sites for hydroxylation is 1. The summed E-state index contributed by atoms with van der Waals surface area (Å²) in [5.74, 6) is 0.868. The van der Waals surface area contributed by atoms with E-state index in [1.54, 1.807) is 16.9 Å². The van der Waals surface area contributed by atoms with E-state index in [2.05, 4.69) is 33.8 Å². The summed E-state index contributed by atoms with van der Waals surface area (Å²) in [4.78, 5) is 28.6. The zero-order valence-electron chi connectivity index (χ0n) is 20.7. The van der Waals surface area contributed by atoms with E-state index in [4.69, 9.17) is 9.97 Å². The van der Waals surface area contributed by atoms with Gasteiger partial charge in [-0.15, -0.1) is 6.58 Å². The van der Waals surface area contributed by atoms with Gasteiger partial charge < -0.3 is 14.8 Å². The molecule has 2 atom stereocenters. The van der Waals surface area contributed by atoms with Gasteiger partial charge in [0, 0.05) is 43.3 Å². The number of rotatable bonds is 8. The summed E-state index contributed by atoms with van der Waals surface area (Å²) < 4.78 is 28.7. The summed E-state index contributed by atoms with van der Waals surface area (Å²) >= 11 is 0. The second-order valence-corrected chi connectivity index (χ2v) is 9.21. The summed E-state index contributed by atoms with van der Waals surface area (Å²) in [6, 6.07) is 8.04. The molecule has 4 aromatic rings. The van der Waals surface area contributed by atoms with E-state index in [1.807, 2.05) is 42.1 Å². The lowest BCUT2D eigenvalue weighted by Gasteiger charge is -2.27. The highest BCUT2D eigenvalue weighted by atomic mass is 19.3. The van der Waals surface area contributed by atoms with E-state index >= 15 is 0 Å². The minimum absolute atomic E-state index is 0.161. The van der Waals surface area contributed by atoms with Crippen LogP contribution in [-0.4, -0.2) is 60.3 Å². The van der Waals surface area contributed by atoms with Crippen molar-refractivity contribution < 1.29 is 13.6 Å². The fourth-order valence-corrected chi connectivity index (χ4v) is 4.80. The molecule has 0 saturated carbocycles. The van der Waals surface area contributed by atoms with Crippen molar-refractivity contribution in [3.63, 3.8) is 0 Å². The molecule has 192 valence electrons. The fourth-order valence-electron chi connectivity index (χ4n) is 4.80. The standard InChI is InChI=1S/C26H28F2N8O/c1-4-20-7-5-16(2)36(20)23-8-6-17(12-29-23)24-32-21-11-18(26(37)31-14-22(27)28)13-30-25(21)35(24)15-19-9-10-34(3)33-19/h4,6,8-13,16,20,22H,1,5,7,14-15H2,2-3H3,(H,31,37)/t16-,20-/m0/s1. The number of imidazole rings is 1. The molecule has 0 aromatic carbocycles. The zero-order chi connectivity index (χ0) is 26.1. The second kappa shape index (κ2) is 10.1. The Bertz CT molecular complexity index is 1430. The van der Waals surface area contributed by atoms with Crippen molar-refractivity contribution >= 4 is 22.9 Å². The minimum atomic E-state index is -2.63. The molecule has 1 saturated heterocycles. The number of pyridine rings is 2. The molecule has 1 N–H and O–H groups in total. The molecule has 0 unspecified atom stereocenters. The Kier molecular flexibility index (Phi) is 6.68. The Hall–Kier alpha value is -4.15. The molecule has 11 heteroatoms. The lowest BCUT2D eigenvalue weighted by atomic mass is 10.2. The van der Waals surface area contributed by atoms with E-state index in [1.165, 1.54) is 6.20 Å². The van der Waals surface area contributed by atoms with E-state index in [0.717, 1.165) is 29.9 Å². The van der Waals surface area contributed by atoms with Gasteiger partial charge in [0.25, 0.3) is 12.3 Å². The van der Waals surface area contributed by atoms with Crippen LogP contribution < -0.4 is 10.2 Å². The number of fused-ring (bicyclic) bond motifs is 1. The maximum atomic E-state index is 12.5. The Morgan fingerprint density at radius 1 is 1.24 bits per heavy atom. The first kappa shape index (κ1) is 24.5. The van der Waals surface area contributed by atoms with Crippen LogP contribution in [0.5, 0.6) is 0 Å². The number of halogens is 2. The first-order chi connectivity index (χ1) is 17.8. The van der Waals surface area contributed by atoms with Gasteiger partial charge in [0.1, 0.15) is 17.2 Å². The Labute approximate surface area is 212 Å². The van der Waals surface area contributed by atoms with Crippen molar-refractivity contribution in [2.45, 2.75) is 44.8 Å². The fraction of sp³-hybridized carbons (Fsp3) is 0.346. The lowest BCUT2D eigenvalue weighted by molar-refractivity contribution is 0.0891. The number of aromatic nitrogens is 6. The molecule has 9 nitrogen and oxygen atoms in total. The molecule has 5 heterocycles. The summed E-state index contributed by atoms with van der Waals surface area (Å²) in [6.07, 6.45) is 6.47. The van der Waals surface area contributed by atoms with Gasteiger partial charge in [-0.05, 0) is 44.0 Å². The van der Waals surface area contributed by atoms with E-state index in [9.17, 15) is 13.6 Å². The maximum absolute atomic E-state index is 12.5. The summed E-state index contributed by atoms with van der Waals surface area (Å²) in [6.45, 7) is 5.84. The number of hydrogen-bond acceptors (Lipinski definition) is 6. The summed E-state index contributed by atoms with van der Waals surface area (Å²) in [5.41, 5.74) is 2.78. The topological polar surface area (TPSA) is 93.8 Å². The Balaban J connectivity index is 1.53. The molecule has 37 heavy (non-hydrogen) atoms. The number of alkyl halides is 2. The normalized spacial score (nSPS) is 17.6. The van der Waals surface area contributed by atoms with Crippen LogP contribution in [0.2, 0.25) is 0 Å². The molecule has 1 aliphatic heterocycles. The van der Waals surface area contributed by atoms with Gasteiger partial charge in [-0.25, -0.2) is 23.7 Å². The summed E-state index contributed by atoms with van der Waals surface area (Å²) in [5, 5.41) is 6.69. The predicted octanol–water partition coefficient (Wildman–Crippen LogP) is 3.81.